The molecule has 0 saturated heterocycles. The highest BCUT2D eigenvalue weighted by Crippen LogP contribution is 2.04. The van der Waals surface area contributed by atoms with Crippen LogP contribution in [0.15, 0.2) is 11.3 Å². The van der Waals surface area contributed by atoms with Gasteiger partial charge in [0.1, 0.15) is 0 Å². The lowest BCUT2D eigenvalue weighted by molar-refractivity contribution is 0.983. The first-order valence-electron chi connectivity index (χ1n) is 2.89. The Labute approximate surface area is 66.8 Å². The number of allylic oxidation sites excluding steroid dienone is 1. The van der Waals surface area contributed by atoms with Gasteiger partial charge in [-0.15, -0.1) is 21.8 Å². The molecular weight excluding hydrogens is 227 g/mol. The van der Waals surface area contributed by atoms with E-state index < -0.39 is 0 Å². The lowest BCUT2D eigenvalue weighted by Gasteiger charge is -1.94. The second-order valence-corrected chi connectivity index (χ2v) is 3.99. The van der Waals surface area contributed by atoms with E-state index in [1.54, 1.807) is 5.57 Å². The largest absolute Gasteiger partial charge is 0.161 e. The van der Waals surface area contributed by atoms with Gasteiger partial charge in [0.25, 0.3) is 0 Å². The molecule has 0 aliphatic rings. The molecule has 0 bridgehead atoms. The lowest BCUT2D eigenvalue weighted by Crippen LogP contribution is -1.78. The summed E-state index contributed by atoms with van der Waals surface area (Å²) < 4.78 is 0. The van der Waals surface area contributed by atoms with Gasteiger partial charge in [-0.2, -0.15) is 0 Å². The second kappa shape index (κ2) is 5.82. The normalized spacial score (nSPS) is 8.88. The van der Waals surface area contributed by atoms with Crippen LogP contribution >= 0.6 is 21.8 Å². The van der Waals surface area contributed by atoms with Gasteiger partial charge in [-0.1, -0.05) is 25.1 Å². The highest BCUT2D eigenvalue weighted by molar-refractivity contribution is 14.1. The summed E-state index contributed by atoms with van der Waals surface area (Å²) in [6.07, 6.45) is 2.46. The zero-order chi connectivity index (χ0) is 6.41. The van der Waals surface area contributed by atoms with Crippen molar-refractivity contribution in [3.8, 4) is 0 Å². The molecule has 46 valence electrons. The first-order valence-corrected chi connectivity index (χ1v) is 7.08. The van der Waals surface area contributed by atoms with Gasteiger partial charge < -0.3 is 0 Å². The van der Waals surface area contributed by atoms with Crippen LogP contribution in [0.25, 0.3) is 0 Å². The lowest BCUT2D eigenvalue weighted by atomic mass is 10.2. The van der Waals surface area contributed by atoms with Gasteiger partial charge in [0.05, 0.1) is 0 Å². The molecule has 0 spiro atoms. The summed E-state index contributed by atoms with van der Waals surface area (Å²) in [6.45, 7) is 4.43. The Morgan fingerprint density at radius 2 is 2.00 bits per heavy atom. The van der Waals surface area contributed by atoms with Crippen molar-refractivity contribution in [1.82, 2.24) is 0 Å². The van der Waals surface area contributed by atoms with E-state index in [-0.39, 0.29) is 0 Å². The standard InChI is InChI=1S/C6H11ISi/c1-3-6(4-2)5-8-7/h5H,3-4H2,1-2H3. The number of hydrogen-bond acceptors (Lipinski definition) is 0. The molecular formula is C6H11ISi. The molecule has 0 nitrogen and oxygen atoms in total. The van der Waals surface area contributed by atoms with E-state index in [4.69, 9.17) is 0 Å². The third-order valence-corrected chi connectivity index (χ3v) is 2.62. The first kappa shape index (κ1) is 8.69. The molecule has 2 radical (unpaired) electrons. The maximum atomic E-state index is 2.40. The van der Waals surface area contributed by atoms with Gasteiger partial charge in [-0.3, -0.25) is 0 Å². The fourth-order valence-electron chi connectivity index (χ4n) is 0.531. The molecule has 0 unspecified atom stereocenters. The molecule has 0 heterocycles. The highest BCUT2D eigenvalue weighted by Gasteiger charge is 1.85. The van der Waals surface area contributed by atoms with E-state index in [9.17, 15) is 0 Å². The summed E-state index contributed by atoms with van der Waals surface area (Å²) in [5.74, 6) is 0. The Morgan fingerprint density at radius 1 is 1.50 bits per heavy atom. The molecule has 0 aromatic rings. The molecule has 0 atom stereocenters. The number of halogens is 1. The monoisotopic (exact) mass is 238 g/mol. The smallest absolute Gasteiger partial charge is 0.118 e. The number of rotatable bonds is 3. The van der Waals surface area contributed by atoms with Crippen molar-refractivity contribution in [2.45, 2.75) is 26.7 Å². The Balaban J connectivity index is 3.49. The van der Waals surface area contributed by atoms with Gasteiger partial charge in [0.2, 0.25) is 0 Å². The quantitative estimate of drug-likeness (QED) is 0.403. The van der Waals surface area contributed by atoms with Crippen LogP contribution < -0.4 is 0 Å². The maximum Gasteiger partial charge on any atom is 0.161 e. The van der Waals surface area contributed by atoms with Crippen LogP contribution in [0.5, 0.6) is 0 Å². The van der Waals surface area contributed by atoms with Crippen molar-refractivity contribution in [2.75, 3.05) is 0 Å². The van der Waals surface area contributed by atoms with Crippen LogP contribution in [0.4, 0.5) is 0 Å². The molecule has 0 aromatic carbocycles. The third kappa shape index (κ3) is 3.66. The summed E-state index contributed by atoms with van der Waals surface area (Å²) in [5, 5.41) is 0. The topological polar surface area (TPSA) is 0 Å². The van der Waals surface area contributed by atoms with Crippen molar-refractivity contribution in [3.05, 3.63) is 11.3 Å². The van der Waals surface area contributed by atoms with Crippen LogP contribution in [0.2, 0.25) is 0 Å². The predicted molar refractivity (Wildman–Crippen MR) is 48.4 cm³/mol. The summed E-state index contributed by atoms with van der Waals surface area (Å²) >= 11 is 2.40. The van der Waals surface area contributed by atoms with E-state index in [2.05, 4.69) is 41.3 Å². The minimum atomic E-state index is 0.960. The molecule has 0 rings (SSSR count). The minimum Gasteiger partial charge on any atom is -0.118 e. The third-order valence-electron chi connectivity index (χ3n) is 1.17. The predicted octanol–water partition coefficient (Wildman–Crippen LogP) is 2.74. The van der Waals surface area contributed by atoms with E-state index in [1.165, 1.54) is 12.8 Å². The van der Waals surface area contributed by atoms with Gasteiger partial charge in [0.15, 0.2) is 7.02 Å². The van der Waals surface area contributed by atoms with Gasteiger partial charge >= 0.3 is 0 Å². The average Bonchev–Trinajstić information content (AvgIpc) is 1.83. The molecule has 0 N–H and O–H groups in total. The summed E-state index contributed by atoms with van der Waals surface area (Å²) in [5.41, 5.74) is 3.93. The molecule has 0 aliphatic carbocycles. The summed E-state index contributed by atoms with van der Waals surface area (Å²) in [4.78, 5) is 0. The molecule has 0 aromatic heterocycles. The van der Waals surface area contributed by atoms with Crippen molar-refractivity contribution >= 4 is 28.8 Å². The molecule has 2 heteroatoms. The van der Waals surface area contributed by atoms with Crippen molar-refractivity contribution in [3.63, 3.8) is 0 Å². The molecule has 0 aliphatic heterocycles. The Kier molecular flexibility index (Phi) is 6.32. The molecule has 0 saturated carbocycles. The van der Waals surface area contributed by atoms with E-state index in [0.29, 0.717) is 0 Å². The van der Waals surface area contributed by atoms with Crippen molar-refractivity contribution < 1.29 is 0 Å². The Bertz CT molecular complexity index is 72.6. The molecule has 8 heavy (non-hydrogen) atoms. The van der Waals surface area contributed by atoms with E-state index in [1.807, 2.05) is 0 Å². The van der Waals surface area contributed by atoms with Gasteiger partial charge in [-0.25, -0.2) is 0 Å². The number of hydrogen-bond donors (Lipinski definition) is 0. The van der Waals surface area contributed by atoms with Crippen LogP contribution in [-0.4, -0.2) is 7.02 Å². The molecule has 0 amide bonds. The summed E-state index contributed by atoms with van der Waals surface area (Å²) in [6, 6.07) is 0. The maximum absolute atomic E-state index is 2.40. The zero-order valence-electron chi connectivity index (χ0n) is 5.37. The van der Waals surface area contributed by atoms with E-state index in [0.717, 1.165) is 7.02 Å². The molecule has 0 fully saturated rings. The zero-order valence-corrected chi connectivity index (χ0v) is 8.53. The SMILES string of the molecule is CCC(=C[Si]I)CC. The first-order chi connectivity index (χ1) is 3.85. The van der Waals surface area contributed by atoms with E-state index >= 15 is 0 Å². The average molecular weight is 238 g/mol. The highest BCUT2D eigenvalue weighted by atomic mass is 127. The van der Waals surface area contributed by atoms with Crippen LogP contribution in [0.3, 0.4) is 0 Å². The van der Waals surface area contributed by atoms with Crippen molar-refractivity contribution in [1.29, 1.82) is 0 Å². The fourth-order valence-corrected chi connectivity index (χ4v) is 2.42. The Hall–Kier alpha value is 0.687. The minimum absolute atomic E-state index is 0.960. The summed E-state index contributed by atoms with van der Waals surface area (Å²) in [7, 11) is 0.960. The van der Waals surface area contributed by atoms with Crippen LogP contribution in [0.1, 0.15) is 26.7 Å². The fraction of sp³-hybridized carbons (Fsp3) is 0.667. The van der Waals surface area contributed by atoms with Crippen LogP contribution in [-0.2, 0) is 0 Å². The Morgan fingerprint density at radius 3 is 2.12 bits per heavy atom. The van der Waals surface area contributed by atoms with Crippen LogP contribution in [0, 0.1) is 0 Å². The van der Waals surface area contributed by atoms with Crippen molar-refractivity contribution in [2.24, 2.45) is 0 Å². The van der Waals surface area contributed by atoms with Gasteiger partial charge in [0, 0.05) is 0 Å². The second-order valence-electron chi connectivity index (χ2n) is 1.62. The van der Waals surface area contributed by atoms with Gasteiger partial charge in [-0.05, 0) is 12.8 Å².